The van der Waals surface area contributed by atoms with Crippen molar-refractivity contribution in [2.24, 2.45) is 0 Å². The molecule has 0 unspecified atom stereocenters. The zero-order chi connectivity index (χ0) is 31.7. The fraction of sp³-hybridized carbons (Fsp3) is 0.552. The lowest BCUT2D eigenvalue weighted by Gasteiger charge is -2.35. The summed E-state index contributed by atoms with van der Waals surface area (Å²) < 4.78 is 8.93. The van der Waals surface area contributed by atoms with Gasteiger partial charge in [0.2, 0.25) is 0 Å². The number of carbonyl (C=O) groups excluding carboxylic acids is 4. The van der Waals surface area contributed by atoms with E-state index >= 15 is 0 Å². The average molecular weight is 597 g/mol. The zero-order valence-corrected chi connectivity index (χ0v) is 25.6. The second-order valence-electron chi connectivity index (χ2n) is 11.5. The van der Waals surface area contributed by atoms with Gasteiger partial charge in [0.15, 0.2) is 0 Å². The average Bonchev–Trinajstić information content (AvgIpc) is 3.67. The molecule has 1 N–H and O–H groups in total. The molecule has 1 fully saturated rings. The van der Waals surface area contributed by atoms with Crippen molar-refractivity contribution < 1.29 is 29.0 Å². The number of rotatable bonds is 8. The van der Waals surface area contributed by atoms with Gasteiger partial charge in [-0.15, -0.1) is 10.2 Å². The number of nitrogens with zero attached hydrogens (tertiary/aromatic N) is 8. The smallest absolute Gasteiger partial charge is 0.410 e. The van der Waals surface area contributed by atoms with Crippen LogP contribution in [0.2, 0.25) is 0 Å². The SMILES string of the molecule is CCC[C@@H](C)n1cc(-c2cc(C(=O)N3CCN(C(=O)OC(C)(C)C)CC3)cc(-c3cn([C@H](C)CO)nn3)c2)nn1.O=C=O. The van der Waals surface area contributed by atoms with Crippen molar-refractivity contribution in [3.05, 3.63) is 36.2 Å². The first-order valence-electron chi connectivity index (χ1n) is 14.3. The van der Waals surface area contributed by atoms with E-state index in [4.69, 9.17) is 14.3 Å². The summed E-state index contributed by atoms with van der Waals surface area (Å²) in [5, 5.41) is 26.7. The van der Waals surface area contributed by atoms with Crippen LogP contribution in [-0.4, -0.2) is 101 Å². The van der Waals surface area contributed by atoms with Gasteiger partial charge in [0.05, 0.1) is 31.1 Å². The Bertz CT molecular complexity index is 1410. The number of hydrogen-bond acceptors (Lipinski definition) is 10. The van der Waals surface area contributed by atoms with Gasteiger partial charge in [-0.05, 0) is 59.2 Å². The summed E-state index contributed by atoms with van der Waals surface area (Å²) in [5.41, 5.74) is 2.60. The summed E-state index contributed by atoms with van der Waals surface area (Å²) in [7, 11) is 0. The normalized spacial score (nSPS) is 14.8. The topological polar surface area (TPSA) is 166 Å². The van der Waals surface area contributed by atoms with Crippen LogP contribution >= 0.6 is 0 Å². The lowest BCUT2D eigenvalue weighted by atomic mass is 10.0. The van der Waals surface area contributed by atoms with Crippen LogP contribution in [0.1, 0.15) is 76.8 Å². The molecule has 0 saturated carbocycles. The van der Waals surface area contributed by atoms with Crippen molar-refractivity contribution in [3.8, 4) is 22.5 Å². The molecular weight excluding hydrogens is 556 g/mol. The minimum atomic E-state index is -0.576. The minimum absolute atomic E-state index is 0.0686. The first kappa shape index (κ1) is 33.1. The molecule has 1 aliphatic heterocycles. The number of carbonyl (C=O) groups is 2. The van der Waals surface area contributed by atoms with Gasteiger partial charge in [0, 0.05) is 42.9 Å². The van der Waals surface area contributed by atoms with Gasteiger partial charge in [-0.1, -0.05) is 23.8 Å². The number of aliphatic hydroxyl groups is 1. The summed E-state index contributed by atoms with van der Waals surface area (Å²) in [6.07, 6.45) is 5.55. The molecule has 2 amide bonds. The number of aliphatic hydroxyl groups excluding tert-OH is 1. The summed E-state index contributed by atoms with van der Waals surface area (Å²) in [4.78, 5) is 45.8. The molecule has 4 rings (SSSR count). The summed E-state index contributed by atoms with van der Waals surface area (Å²) in [5.74, 6) is -0.144. The molecule has 2 atom stereocenters. The largest absolute Gasteiger partial charge is 0.444 e. The van der Waals surface area contributed by atoms with Crippen molar-refractivity contribution in [2.75, 3.05) is 32.8 Å². The Balaban J connectivity index is 0.00000162. The number of ether oxygens (including phenoxy) is 1. The maximum Gasteiger partial charge on any atom is 0.410 e. The Hall–Kier alpha value is -4.42. The third-order valence-corrected chi connectivity index (χ3v) is 6.88. The summed E-state index contributed by atoms with van der Waals surface area (Å²) in [6.45, 7) is 13.1. The molecule has 0 bridgehead atoms. The highest BCUT2D eigenvalue weighted by molar-refractivity contribution is 5.97. The molecule has 1 aromatic carbocycles. The van der Waals surface area contributed by atoms with Crippen LogP contribution in [0.15, 0.2) is 30.6 Å². The van der Waals surface area contributed by atoms with Crippen molar-refractivity contribution in [1.82, 2.24) is 39.8 Å². The van der Waals surface area contributed by atoms with E-state index in [9.17, 15) is 14.7 Å². The third-order valence-electron chi connectivity index (χ3n) is 6.88. The molecule has 3 aromatic rings. The highest BCUT2D eigenvalue weighted by atomic mass is 16.6. The predicted octanol–water partition coefficient (Wildman–Crippen LogP) is 3.23. The monoisotopic (exact) mass is 596 g/mol. The van der Waals surface area contributed by atoms with Crippen LogP contribution in [0.4, 0.5) is 4.79 Å². The van der Waals surface area contributed by atoms with E-state index in [1.54, 1.807) is 26.7 Å². The molecule has 0 radical (unpaired) electrons. The molecule has 0 spiro atoms. The summed E-state index contributed by atoms with van der Waals surface area (Å²) in [6, 6.07) is 5.52. The maximum atomic E-state index is 13.7. The first-order chi connectivity index (χ1) is 20.4. The Morgan fingerprint density at radius 3 is 1.86 bits per heavy atom. The van der Waals surface area contributed by atoms with Gasteiger partial charge in [0.25, 0.3) is 5.91 Å². The van der Waals surface area contributed by atoms with Crippen molar-refractivity contribution in [3.63, 3.8) is 0 Å². The molecule has 1 saturated heterocycles. The van der Waals surface area contributed by atoms with Crippen LogP contribution < -0.4 is 0 Å². The van der Waals surface area contributed by atoms with Gasteiger partial charge < -0.3 is 19.6 Å². The van der Waals surface area contributed by atoms with Gasteiger partial charge in [-0.2, -0.15) is 9.59 Å². The zero-order valence-electron chi connectivity index (χ0n) is 25.6. The van der Waals surface area contributed by atoms with E-state index in [2.05, 4.69) is 34.5 Å². The van der Waals surface area contributed by atoms with Crippen LogP contribution in [0.3, 0.4) is 0 Å². The fourth-order valence-electron chi connectivity index (χ4n) is 4.53. The van der Waals surface area contributed by atoms with Gasteiger partial charge in [0.1, 0.15) is 17.0 Å². The highest BCUT2D eigenvalue weighted by Crippen LogP contribution is 2.28. The van der Waals surface area contributed by atoms with E-state index in [1.165, 1.54) is 0 Å². The van der Waals surface area contributed by atoms with E-state index in [0.29, 0.717) is 48.7 Å². The Kier molecular flexibility index (Phi) is 11.3. The Morgan fingerprint density at radius 1 is 0.907 bits per heavy atom. The van der Waals surface area contributed by atoms with Crippen molar-refractivity contribution in [1.29, 1.82) is 0 Å². The van der Waals surface area contributed by atoms with Gasteiger partial charge in [-0.3, -0.25) is 4.79 Å². The van der Waals surface area contributed by atoms with Crippen LogP contribution in [0, 0.1) is 0 Å². The molecule has 2 aromatic heterocycles. The second-order valence-corrected chi connectivity index (χ2v) is 11.5. The molecule has 232 valence electrons. The second kappa shape index (κ2) is 14.7. The number of aromatic nitrogens is 6. The number of hydrogen-bond donors (Lipinski definition) is 1. The molecule has 14 nitrogen and oxygen atoms in total. The predicted molar refractivity (Wildman–Crippen MR) is 155 cm³/mol. The minimum Gasteiger partial charge on any atom is -0.444 e. The molecule has 3 heterocycles. The van der Waals surface area contributed by atoms with E-state index in [0.717, 1.165) is 18.4 Å². The number of benzene rings is 1. The standard InChI is InChI=1S/C28H40N8O4.CO2/c1-7-8-19(2)35-16-24(29-31-35)21-13-22(25-17-36(32-30-25)20(3)18-37)15-23(14-21)26(38)33-9-11-34(12-10-33)27(39)40-28(4,5)6;2-1-3/h13-17,19-20,37H,7-12,18H2,1-6H3;/t19-,20-;/m1./s1. The molecule has 0 aliphatic carbocycles. The highest BCUT2D eigenvalue weighted by Gasteiger charge is 2.29. The fourth-order valence-corrected chi connectivity index (χ4v) is 4.53. The lowest BCUT2D eigenvalue weighted by Crippen LogP contribution is -2.51. The lowest BCUT2D eigenvalue weighted by molar-refractivity contribution is -0.191. The number of amides is 2. The summed E-state index contributed by atoms with van der Waals surface area (Å²) >= 11 is 0. The van der Waals surface area contributed by atoms with E-state index in [1.807, 2.05) is 50.7 Å². The van der Waals surface area contributed by atoms with Crippen LogP contribution in [-0.2, 0) is 14.3 Å². The molecule has 1 aliphatic rings. The van der Waals surface area contributed by atoms with Crippen LogP contribution in [0.5, 0.6) is 0 Å². The van der Waals surface area contributed by atoms with Crippen LogP contribution in [0.25, 0.3) is 22.5 Å². The van der Waals surface area contributed by atoms with E-state index in [-0.39, 0.29) is 36.8 Å². The maximum absolute atomic E-state index is 13.7. The van der Waals surface area contributed by atoms with E-state index < -0.39 is 5.60 Å². The van der Waals surface area contributed by atoms with Gasteiger partial charge in [-0.25, -0.2) is 14.2 Å². The molecule has 43 heavy (non-hydrogen) atoms. The molecule has 14 heteroatoms. The first-order valence-corrected chi connectivity index (χ1v) is 14.3. The Labute approximate surface area is 250 Å². The number of piperazine rings is 1. The quantitative estimate of drug-likeness (QED) is 0.408. The van der Waals surface area contributed by atoms with Crippen molar-refractivity contribution >= 4 is 18.2 Å². The Morgan fingerprint density at radius 2 is 1.40 bits per heavy atom. The molecular formula is C29H40N8O6. The van der Waals surface area contributed by atoms with Crippen molar-refractivity contribution in [2.45, 2.75) is 72.1 Å². The van der Waals surface area contributed by atoms with Gasteiger partial charge >= 0.3 is 12.2 Å². The third kappa shape index (κ3) is 8.79.